The molecular weight excluding hydrogens is 150 g/mol. The van der Waals surface area contributed by atoms with Gasteiger partial charge in [0.05, 0.1) is 0 Å². The molecular formula is C4H11ClF2N2. The molecule has 2 nitrogen and oxygen atoms in total. The van der Waals surface area contributed by atoms with Crippen molar-refractivity contribution in [2.45, 2.75) is 18.9 Å². The van der Waals surface area contributed by atoms with Gasteiger partial charge in [-0.1, -0.05) is 0 Å². The van der Waals surface area contributed by atoms with Gasteiger partial charge in [-0.3, -0.25) is 0 Å². The number of alkyl halides is 2. The van der Waals surface area contributed by atoms with Gasteiger partial charge in [-0.05, 0) is 0 Å². The van der Waals surface area contributed by atoms with Crippen molar-refractivity contribution in [2.24, 2.45) is 11.5 Å². The van der Waals surface area contributed by atoms with Gasteiger partial charge in [-0.2, -0.15) is 0 Å². The minimum Gasteiger partial charge on any atom is -0.329 e. The Morgan fingerprint density at radius 3 is 1.89 bits per heavy atom. The lowest BCUT2D eigenvalue weighted by Crippen LogP contribution is -2.31. The highest BCUT2D eigenvalue weighted by Crippen LogP contribution is 1.99. The van der Waals surface area contributed by atoms with Crippen LogP contribution in [0.25, 0.3) is 0 Å². The molecule has 0 bridgehead atoms. The maximum atomic E-state index is 11.3. The van der Waals surface area contributed by atoms with Crippen molar-refractivity contribution < 1.29 is 8.78 Å². The second-order valence-corrected chi connectivity index (χ2v) is 1.62. The van der Waals surface area contributed by atoms with Gasteiger partial charge in [0, 0.05) is 19.0 Å². The molecule has 0 radical (unpaired) electrons. The molecule has 0 aliphatic heterocycles. The van der Waals surface area contributed by atoms with E-state index in [4.69, 9.17) is 11.5 Å². The molecule has 0 saturated carbocycles. The van der Waals surface area contributed by atoms with Crippen LogP contribution in [0.3, 0.4) is 0 Å². The van der Waals surface area contributed by atoms with Gasteiger partial charge in [0.25, 0.3) is 0 Å². The van der Waals surface area contributed by atoms with Crippen LogP contribution in [0, 0.1) is 0 Å². The maximum absolute atomic E-state index is 11.3. The lowest BCUT2D eigenvalue weighted by Gasteiger charge is -2.05. The summed E-state index contributed by atoms with van der Waals surface area (Å²) in [6, 6.07) is -0.546. The topological polar surface area (TPSA) is 52.0 Å². The zero-order valence-corrected chi connectivity index (χ0v) is 5.70. The van der Waals surface area contributed by atoms with Gasteiger partial charge in [0.15, 0.2) is 0 Å². The van der Waals surface area contributed by atoms with Crippen molar-refractivity contribution in [1.29, 1.82) is 0 Å². The molecule has 9 heavy (non-hydrogen) atoms. The summed E-state index contributed by atoms with van der Waals surface area (Å²) in [5.41, 5.74) is 10.0. The number of rotatable bonds is 3. The van der Waals surface area contributed by atoms with Crippen LogP contribution in [-0.4, -0.2) is 19.0 Å². The van der Waals surface area contributed by atoms with Gasteiger partial charge in [-0.25, -0.2) is 8.78 Å². The first-order chi connectivity index (χ1) is 3.66. The number of halogens is 3. The van der Waals surface area contributed by atoms with Crippen molar-refractivity contribution in [2.75, 3.05) is 6.54 Å². The smallest absolute Gasteiger partial charge is 0.240 e. The van der Waals surface area contributed by atoms with Crippen molar-refractivity contribution in [3.8, 4) is 0 Å². The average Bonchev–Trinajstić information content (AvgIpc) is 1.65. The molecule has 0 aromatic heterocycles. The van der Waals surface area contributed by atoms with E-state index in [0.717, 1.165) is 0 Å². The van der Waals surface area contributed by atoms with Crippen LogP contribution in [0.5, 0.6) is 0 Å². The third-order valence-electron chi connectivity index (χ3n) is 0.784. The molecule has 0 aromatic rings. The second-order valence-electron chi connectivity index (χ2n) is 1.62. The highest BCUT2D eigenvalue weighted by molar-refractivity contribution is 5.85. The van der Waals surface area contributed by atoms with Gasteiger partial charge < -0.3 is 11.5 Å². The van der Waals surface area contributed by atoms with E-state index in [1.54, 1.807) is 0 Å². The molecule has 0 amide bonds. The van der Waals surface area contributed by atoms with E-state index in [0.29, 0.717) is 0 Å². The van der Waals surface area contributed by atoms with E-state index in [1.807, 2.05) is 0 Å². The summed E-state index contributed by atoms with van der Waals surface area (Å²) in [6.45, 7) is 0.129. The third kappa shape index (κ3) is 8.07. The van der Waals surface area contributed by atoms with E-state index in [9.17, 15) is 8.78 Å². The zero-order valence-electron chi connectivity index (χ0n) is 4.89. The Bertz CT molecular complexity index is 62.5. The fourth-order valence-electron chi connectivity index (χ4n) is 0.325. The summed E-state index contributed by atoms with van der Waals surface area (Å²) in [4.78, 5) is 0. The molecule has 1 unspecified atom stereocenters. The van der Waals surface area contributed by atoms with Crippen LogP contribution in [0.4, 0.5) is 8.78 Å². The Balaban J connectivity index is 0. The van der Waals surface area contributed by atoms with Crippen molar-refractivity contribution in [3.63, 3.8) is 0 Å². The first-order valence-corrected chi connectivity index (χ1v) is 2.40. The summed E-state index contributed by atoms with van der Waals surface area (Å²) >= 11 is 0. The van der Waals surface area contributed by atoms with E-state index in [2.05, 4.69) is 0 Å². The molecule has 0 heterocycles. The predicted molar refractivity (Wildman–Crippen MR) is 34.9 cm³/mol. The second kappa shape index (κ2) is 6.19. The minimum atomic E-state index is -2.33. The highest BCUT2D eigenvalue weighted by atomic mass is 35.5. The van der Waals surface area contributed by atoms with Crippen molar-refractivity contribution >= 4 is 12.4 Å². The molecule has 0 aliphatic rings. The Labute approximate surface area is 59.0 Å². The summed E-state index contributed by atoms with van der Waals surface area (Å²) < 4.78 is 22.7. The van der Waals surface area contributed by atoms with Crippen LogP contribution in [0.15, 0.2) is 0 Å². The Morgan fingerprint density at radius 1 is 1.33 bits per heavy atom. The Kier molecular flexibility index (Phi) is 8.13. The molecule has 0 aliphatic carbocycles. The first kappa shape index (κ1) is 11.8. The molecule has 0 aromatic carbocycles. The summed E-state index contributed by atoms with van der Waals surface area (Å²) in [6.07, 6.45) is -2.62. The fraction of sp³-hybridized carbons (Fsp3) is 1.00. The SMILES string of the molecule is Cl.NCC(N)CC(F)F. The summed E-state index contributed by atoms with van der Waals surface area (Å²) in [7, 11) is 0. The highest BCUT2D eigenvalue weighted by Gasteiger charge is 2.07. The molecule has 0 rings (SSSR count). The molecule has 58 valence electrons. The van der Waals surface area contributed by atoms with Crippen molar-refractivity contribution in [1.82, 2.24) is 0 Å². The van der Waals surface area contributed by atoms with Crippen molar-refractivity contribution in [3.05, 3.63) is 0 Å². The zero-order chi connectivity index (χ0) is 6.57. The molecule has 0 spiro atoms. The Morgan fingerprint density at radius 2 is 1.78 bits per heavy atom. The maximum Gasteiger partial charge on any atom is 0.240 e. The minimum absolute atomic E-state index is 0. The molecule has 5 heteroatoms. The van der Waals surface area contributed by atoms with E-state index >= 15 is 0 Å². The lowest BCUT2D eigenvalue weighted by atomic mass is 10.2. The summed E-state index contributed by atoms with van der Waals surface area (Å²) in [5, 5.41) is 0. The number of nitrogens with two attached hydrogens (primary N) is 2. The quantitative estimate of drug-likeness (QED) is 0.626. The van der Waals surface area contributed by atoms with Crippen LogP contribution < -0.4 is 11.5 Å². The lowest BCUT2D eigenvalue weighted by molar-refractivity contribution is 0.129. The van der Waals surface area contributed by atoms with Crippen LogP contribution in [-0.2, 0) is 0 Å². The van der Waals surface area contributed by atoms with Crippen LogP contribution >= 0.6 is 12.4 Å². The van der Waals surface area contributed by atoms with Gasteiger partial charge in [-0.15, -0.1) is 12.4 Å². The molecule has 1 atom stereocenters. The number of hydrogen-bond donors (Lipinski definition) is 2. The monoisotopic (exact) mass is 160 g/mol. The number of hydrogen-bond acceptors (Lipinski definition) is 2. The van der Waals surface area contributed by atoms with Gasteiger partial charge in [0.1, 0.15) is 0 Å². The van der Waals surface area contributed by atoms with Gasteiger partial charge >= 0.3 is 0 Å². The Hall–Kier alpha value is 0.0700. The van der Waals surface area contributed by atoms with Gasteiger partial charge in [0.2, 0.25) is 6.43 Å². The third-order valence-corrected chi connectivity index (χ3v) is 0.784. The van der Waals surface area contributed by atoms with Crippen LogP contribution in [0.2, 0.25) is 0 Å². The molecule has 0 fully saturated rings. The summed E-state index contributed by atoms with van der Waals surface area (Å²) in [5.74, 6) is 0. The fourth-order valence-corrected chi connectivity index (χ4v) is 0.325. The van der Waals surface area contributed by atoms with E-state index in [-0.39, 0.29) is 25.4 Å². The molecule has 0 saturated heterocycles. The largest absolute Gasteiger partial charge is 0.329 e. The first-order valence-electron chi connectivity index (χ1n) is 2.40. The van der Waals surface area contributed by atoms with E-state index in [1.165, 1.54) is 0 Å². The average molecular weight is 161 g/mol. The normalized spacial score (nSPS) is 13.0. The standard InChI is InChI=1S/C4H10F2N2.ClH/c5-4(6)1-3(8)2-7;/h3-4H,1-2,7-8H2;1H. The molecule has 4 N–H and O–H groups in total. The predicted octanol–water partition coefficient (Wildman–Crippen LogP) is 0.349. The van der Waals surface area contributed by atoms with E-state index < -0.39 is 12.5 Å². The van der Waals surface area contributed by atoms with Crippen LogP contribution in [0.1, 0.15) is 6.42 Å².